The lowest BCUT2D eigenvalue weighted by Gasteiger charge is -2.08. The molecule has 8 aromatic rings. The Bertz CT molecular complexity index is 2250. The fraction of sp³-hybridized carbons (Fsp3) is 0.0526. The SMILES string of the molecule is Cc1ccc2c(oc3cc(-c4nc(-c5ccccc5)nc(-c5ccccc5)n4)ccc32)c1-c1cc2ccccc2c[n+]1C. The summed E-state index contributed by atoms with van der Waals surface area (Å²) in [6.07, 6.45) is 2.18. The third kappa shape index (κ3) is 4.34. The summed E-state index contributed by atoms with van der Waals surface area (Å²) in [5.41, 5.74) is 7.80. The number of hydrogen-bond donors (Lipinski definition) is 0. The minimum atomic E-state index is 0.604. The van der Waals surface area contributed by atoms with E-state index in [9.17, 15) is 0 Å². The molecule has 43 heavy (non-hydrogen) atoms. The van der Waals surface area contributed by atoms with Crippen molar-refractivity contribution in [2.24, 2.45) is 7.05 Å². The van der Waals surface area contributed by atoms with Crippen LogP contribution < -0.4 is 4.57 Å². The van der Waals surface area contributed by atoms with Gasteiger partial charge in [-0.25, -0.2) is 19.5 Å². The summed E-state index contributed by atoms with van der Waals surface area (Å²) >= 11 is 0. The number of hydrogen-bond acceptors (Lipinski definition) is 4. The Balaban J connectivity index is 1.32. The molecule has 0 radical (unpaired) electrons. The molecule has 0 aliphatic heterocycles. The van der Waals surface area contributed by atoms with Crippen LogP contribution in [0.1, 0.15) is 5.56 Å². The van der Waals surface area contributed by atoms with Crippen LogP contribution in [0.3, 0.4) is 0 Å². The maximum Gasteiger partial charge on any atom is 0.216 e. The molecular weight excluding hydrogens is 528 g/mol. The first-order chi connectivity index (χ1) is 21.1. The topological polar surface area (TPSA) is 55.7 Å². The van der Waals surface area contributed by atoms with Gasteiger partial charge in [0.05, 0.1) is 5.56 Å². The van der Waals surface area contributed by atoms with Crippen molar-refractivity contribution in [3.05, 3.63) is 133 Å². The highest BCUT2D eigenvalue weighted by molar-refractivity contribution is 6.10. The smallest absolute Gasteiger partial charge is 0.216 e. The van der Waals surface area contributed by atoms with E-state index < -0.39 is 0 Å². The molecule has 0 spiro atoms. The molecule has 0 unspecified atom stereocenters. The Morgan fingerprint density at radius 1 is 0.558 bits per heavy atom. The van der Waals surface area contributed by atoms with Gasteiger partial charge in [0.2, 0.25) is 5.69 Å². The zero-order valence-corrected chi connectivity index (χ0v) is 23.8. The molecule has 5 heteroatoms. The standard InChI is InChI=1S/C38H27N4O/c1-24-17-19-31-30-20-18-28(22-33(30)43-35(31)34(24)32-21-27-15-9-10-16-29(27)23-42(32)2)38-40-36(25-11-5-3-6-12-25)39-37(41-38)26-13-7-4-8-14-26/h3-23H,1-2H3/q+1. The molecule has 3 heterocycles. The normalized spacial score (nSPS) is 11.5. The number of rotatable bonds is 4. The molecule has 0 aliphatic rings. The molecular formula is C38H27N4O+. The van der Waals surface area contributed by atoms with Crippen molar-refractivity contribution in [3.8, 4) is 45.4 Å². The molecule has 5 nitrogen and oxygen atoms in total. The highest BCUT2D eigenvalue weighted by atomic mass is 16.3. The summed E-state index contributed by atoms with van der Waals surface area (Å²) in [6.45, 7) is 2.14. The minimum Gasteiger partial charge on any atom is -0.455 e. The van der Waals surface area contributed by atoms with E-state index in [1.54, 1.807) is 0 Å². The molecule has 204 valence electrons. The molecule has 0 atom stereocenters. The first-order valence-electron chi connectivity index (χ1n) is 14.3. The van der Waals surface area contributed by atoms with E-state index in [1.807, 2.05) is 66.7 Å². The molecule has 0 aliphatic carbocycles. The van der Waals surface area contributed by atoms with E-state index in [1.165, 1.54) is 10.8 Å². The van der Waals surface area contributed by atoms with Gasteiger partial charge in [0.1, 0.15) is 18.2 Å². The van der Waals surface area contributed by atoms with E-state index >= 15 is 0 Å². The zero-order chi connectivity index (χ0) is 28.9. The number of fused-ring (bicyclic) bond motifs is 4. The molecule has 0 saturated carbocycles. The molecule has 8 rings (SSSR count). The Kier molecular flexibility index (Phi) is 5.83. The van der Waals surface area contributed by atoms with Gasteiger partial charge in [0.15, 0.2) is 23.7 Å². The van der Waals surface area contributed by atoms with E-state index in [0.717, 1.165) is 55.4 Å². The van der Waals surface area contributed by atoms with Crippen molar-refractivity contribution >= 4 is 32.7 Å². The number of aryl methyl sites for hydroxylation is 2. The average Bonchev–Trinajstić information content (AvgIpc) is 3.43. The molecule has 0 saturated heterocycles. The van der Waals surface area contributed by atoms with Crippen molar-refractivity contribution in [1.29, 1.82) is 0 Å². The minimum absolute atomic E-state index is 0.604. The second kappa shape index (κ2) is 10.00. The molecule has 3 aromatic heterocycles. The Morgan fingerprint density at radius 3 is 1.81 bits per heavy atom. The third-order valence-electron chi connectivity index (χ3n) is 8.06. The van der Waals surface area contributed by atoms with Crippen LogP contribution in [-0.2, 0) is 7.05 Å². The van der Waals surface area contributed by atoms with E-state index in [2.05, 4.69) is 79.3 Å². The Morgan fingerprint density at radius 2 is 1.14 bits per heavy atom. The summed E-state index contributed by atoms with van der Waals surface area (Å²) < 4.78 is 8.88. The second-order valence-electron chi connectivity index (χ2n) is 10.9. The highest BCUT2D eigenvalue weighted by Crippen LogP contribution is 2.39. The van der Waals surface area contributed by atoms with Crippen LogP contribution in [0.15, 0.2) is 132 Å². The van der Waals surface area contributed by atoms with Crippen molar-refractivity contribution in [1.82, 2.24) is 15.0 Å². The largest absolute Gasteiger partial charge is 0.455 e. The number of benzene rings is 5. The fourth-order valence-corrected chi connectivity index (χ4v) is 5.87. The first-order valence-corrected chi connectivity index (χ1v) is 14.3. The molecule has 0 N–H and O–H groups in total. The van der Waals surface area contributed by atoms with E-state index in [-0.39, 0.29) is 0 Å². The molecule has 0 amide bonds. The van der Waals surface area contributed by atoms with Gasteiger partial charge >= 0.3 is 0 Å². The van der Waals surface area contributed by atoms with Gasteiger partial charge in [0.25, 0.3) is 0 Å². The predicted octanol–water partition coefficient (Wildman–Crippen LogP) is 8.73. The lowest BCUT2D eigenvalue weighted by molar-refractivity contribution is -0.659. The monoisotopic (exact) mass is 555 g/mol. The van der Waals surface area contributed by atoms with Crippen LogP contribution in [0.4, 0.5) is 0 Å². The Labute approximate surface area is 248 Å². The number of pyridine rings is 1. The number of furan rings is 1. The number of nitrogens with zero attached hydrogens (tertiary/aromatic N) is 4. The zero-order valence-electron chi connectivity index (χ0n) is 23.8. The van der Waals surface area contributed by atoms with Crippen LogP contribution in [0.2, 0.25) is 0 Å². The lowest BCUT2D eigenvalue weighted by Crippen LogP contribution is -2.30. The van der Waals surface area contributed by atoms with Gasteiger partial charge in [-0.15, -0.1) is 0 Å². The van der Waals surface area contributed by atoms with Crippen LogP contribution in [0.25, 0.3) is 78.1 Å². The van der Waals surface area contributed by atoms with Gasteiger partial charge in [0, 0.05) is 38.9 Å². The molecule has 0 bridgehead atoms. The average molecular weight is 556 g/mol. The quantitative estimate of drug-likeness (QED) is 0.204. The lowest BCUT2D eigenvalue weighted by atomic mass is 9.99. The highest BCUT2D eigenvalue weighted by Gasteiger charge is 2.22. The maximum absolute atomic E-state index is 6.69. The van der Waals surface area contributed by atoms with Crippen LogP contribution in [0.5, 0.6) is 0 Å². The van der Waals surface area contributed by atoms with Crippen molar-refractivity contribution in [2.75, 3.05) is 0 Å². The van der Waals surface area contributed by atoms with Crippen molar-refractivity contribution < 1.29 is 8.98 Å². The fourth-order valence-electron chi connectivity index (χ4n) is 5.87. The van der Waals surface area contributed by atoms with Crippen LogP contribution in [-0.4, -0.2) is 15.0 Å². The summed E-state index contributed by atoms with van der Waals surface area (Å²) in [4.78, 5) is 14.7. The predicted molar refractivity (Wildman–Crippen MR) is 172 cm³/mol. The van der Waals surface area contributed by atoms with Gasteiger partial charge in [-0.3, -0.25) is 0 Å². The molecule has 5 aromatic carbocycles. The number of aromatic nitrogens is 4. The second-order valence-corrected chi connectivity index (χ2v) is 10.9. The summed E-state index contributed by atoms with van der Waals surface area (Å²) in [5.74, 6) is 1.87. The third-order valence-corrected chi connectivity index (χ3v) is 8.06. The van der Waals surface area contributed by atoms with Gasteiger partial charge in [-0.05, 0) is 36.1 Å². The first kappa shape index (κ1) is 25.1. The Hall–Kier alpha value is -5.68. The van der Waals surface area contributed by atoms with E-state index in [4.69, 9.17) is 19.4 Å². The maximum atomic E-state index is 6.69. The molecule has 0 fully saturated rings. The van der Waals surface area contributed by atoms with E-state index in [0.29, 0.717) is 17.5 Å². The van der Waals surface area contributed by atoms with Gasteiger partial charge in [-0.1, -0.05) is 97.1 Å². The van der Waals surface area contributed by atoms with Gasteiger partial charge < -0.3 is 4.42 Å². The van der Waals surface area contributed by atoms with Gasteiger partial charge in [-0.2, -0.15) is 0 Å². The summed E-state index contributed by atoms with van der Waals surface area (Å²) in [7, 11) is 2.09. The van der Waals surface area contributed by atoms with Crippen molar-refractivity contribution in [3.63, 3.8) is 0 Å². The van der Waals surface area contributed by atoms with Crippen molar-refractivity contribution in [2.45, 2.75) is 6.92 Å². The van der Waals surface area contributed by atoms with Crippen LogP contribution >= 0.6 is 0 Å². The summed E-state index contributed by atoms with van der Waals surface area (Å²) in [5, 5.41) is 4.54. The van der Waals surface area contributed by atoms with Crippen LogP contribution in [0, 0.1) is 6.92 Å². The summed E-state index contributed by atoms with van der Waals surface area (Å²) in [6, 6.07) is 41.3.